The lowest BCUT2D eigenvalue weighted by atomic mass is 9.90. The van der Waals surface area contributed by atoms with Crippen LogP contribution in [0.1, 0.15) is 56.8 Å². The van der Waals surface area contributed by atoms with Crippen molar-refractivity contribution in [3.63, 3.8) is 0 Å². The second-order valence-corrected chi connectivity index (χ2v) is 6.39. The van der Waals surface area contributed by atoms with Gasteiger partial charge in [-0.1, -0.05) is 31.4 Å². The quantitative estimate of drug-likeness (QED) is 0.787. The first kappa shape index (κ1) is 13.7. The second-order valence-electron chi connectivity index (χ2n) is 6.39. The first-order chi connectivity index (χ1) is 9.60. The number of aryl methyl sites for hydroxylation is 1. The van der Waals surface area contributed by atoms with E-state index in [9.17, 15) is 5.11 Å². The van der Waals surface area contributed by atoms with Crippen LogP contribution in [-0.4, -0.2) is 5.11 Å². The van der Waals surface area contributed by atoms with E-state index < -0.39 is 5.60 Å². The molecule has 1 aromatic carbocycles. The average Bonchev–Trinajstić information content (AvgIpc) is 2.76. The Kier molecular flexibility index (Phi) is 3.59. The van der Waals surface area contributed by atoms with Gasteiger partial charge in [0, 0.05) is 5.39 Å². The van der Waals surface area contributed by atoms with Gasteiger partial charge >= 0.3 is 0 Å². The number of hydrogen-bond acceptors (Lipinski definition) is 2. The summed E-state index contributed by atoms with van der Waals surface area (Å²) in [5.41, 5.74) is 1.34. The minimum atomic E-state index is -0.767. The standard InChI is InChI=1S/C18H24O2/c1-3-14-5-4-9-18(19,10-8-14)17-12-15-11-13(2)6-7-16(15)20-17/h6-7,11-12,14,19H,3-5,8-10H2,1-2H3. The zero-order valence-electron chi connectivity index (χ0n) is 12.5. The van der Waals surface area contributed by atoms with E-state index >= 15 is 0 Å². The fourth-order valence-corrected chi connectivity index (χ4v) is 3.44. The number of rotatable bonds is 2. The lowest BCUT2D eigenvalue weighted by molar-refractivity contribution is 0.000157. The van der Waals surface area contributed by atoms with Crippen LogP contribution in [0.25, 0.3) is 11.0 Å². The van der Waals surface area contributed by atoms with Crippen molar-refractivity contribution >= 4 is 11.0 Å². The molecule has 3 rings (SSSR count). The fourth-order valence-electron chi connectivity index (χ4n) is 3.44. The molecule has 2 heteroatoms. The van der Waals surface area contributed by atoms with Crippen molar-refractivity contribution in [2.24, 2.45) is 5.92 Å². The number of aliphatic hydroxyl groups is 1. The van der Waals surface area contributed by atoms with Crippen molar-refractivity contribution in [3.05, 3.63) is 35.6 Å². The van der Waals surface area contributed by atoms with E-state index in [1.807, 2.05) is 12.1 Å². The minimum Gasteiger partial charge on any atom is -0.458 e. The molecule has 1 aliphatic rings. The van der Waals surface area contributed by atoms with E-state index in [1.165, 1.54) is 18.4 Å². The molecule has 0 aliphatic heterocycles. The van der Waals surface area contributed by atoms with E-state index in [2.05, 4.69) is 26.0 Å². The SMILES string of the molecule is CCC1CCCC(O)(c2cc3cc(C)ccc3o2)CC1. The number of fused-ring (bicyclic) bond motifs is 1. The van der Waals surface area contributed by atoms with Gasteiger partial charge in [0.25, 0.3) is 0 Å². The number of benzene rings is 1. The third kappa shape index (κ3) is 2.49. The molecule has 2 atom stereocenters. The number of furan rings is 1. The summed E-state index contributed by atoms with van der Waals surface area (Å²) in [4.78, 5) is 0. The van der Waals surface area contributed by atoms with Gasteiger partial charge in [-0.3, -0.25) is 0 Å². The average molecular weight is 272 g/mol. The normalized spacial score (nSPS) is 27.6. The van der Waals surface area contributed by atoms with Crippen molar-refractivity contribution in [3.8, 4) is 0 Å². The molecule has 0 amide bonds. The summed E-state index contributed by atoms with van der Waals surface area (Å²) >= 11 is 0. The Balaban J connectivity index is 1.92. The maximum Gasteiger partial charge on any atom is 0.136 e. The van der Waals surface area contributed by atoms with Gasteiger partial charge in [-0.25, -0.2) is 0 Å². The van der Waals surface area contributed by atoms with Crippen LogP contribution in [0.4, 0.5) is 0 Å². The van der Waals surface area contributed by atoms with E-state index in [4.69, 9.17) is 4.42 Å². The smallest absolute Gasteiger partial charge is 0.136 e. The van der Waals surface area contributed by atoms with Crippen LogP contribution < -0.4 is 0 Å². The molecule has 1 aliphatic carbocycles. The highest BCUT2D eigenvalue weighted by molar-refractivity contribution is 5.78. The van der Waals surface area contributed by atoms with Gasteiger partial charge < -0.3 is 9.52 Å². The van der Waals surface area contributed by atoms with E-state index in [1.54, 1.807) is 0 Å². The van der Waals surface area contributed by atoms with Crippen molar-refractivity contribution in [2.75, 3.05) is 0 Å². The summed E-state index contributed by atoms with van der Waals surface area (Å²) in [6.45, 7) is 4.33. The third-order valence-electron chi connectivity index (χ3n) is 4.88. The van der Waals surface area contributed by atoms with E-state index in [0.717, 1.165) is 48.3 Å². The molecule has 0 saturated heterocycles. The Bertz CT molecular complexity index is 598. The first-order valence-corrected chi connectivity index (χ1v) is 7.84. The zero-order chi connectivity index (χ0) is 14.2. The summed E-state index contributed by atoms with van der Waals surface area (Å²) < 4.78 is 5.94. The van der Waals surface area contributed by atoms with Gasteiger partial charge in [0.2, 0.25) is 0 Å². The summed E-state index contributed by atoms with van der Waals surface area (Å²) in [5, 5.41) is 12.1. The molecule has 1 heterocycles. The van der Waals surface area contributed by atoms with E-state index in [-0.39, 0.29) is 0 Å². The molecule has 2 unspecified atom stereocenters. The minimum absolute atomic E-state index is 0.759. The number of hydrogen-bond donors (Lipinski definition) is 1. The van der Waals surface area contributed by atoms with Gasteiger partial charge in [-0.05, 0) is 56.7 Å². The first-order valence-electron chi connectivity index (χ1n) is 7.84. The fraction of sp³-hybridized carbons (Fsp3) is 0.556. The van der Waals surface area contributed by atoms with Crippen LogP contribution in [0.5, 0.6) is 0 Å². The van der Waals surface area contributed by atoms with Crippen LogP contribution in [0.3, 0.4) is 0 Å². The molecule has 2 aromatic rings. The van der Waals surface area contributed by atoms with Gasteiger partial charge in [-0.15, -0.1) is 0 Å². The Morgan fingerprint density at radius 1 is 1.25 bits per heavy atom. The Morgan fingerprint density at radius 2 is 2.10 bits per heavy atom. The Morgan fingerprint density at radius 3 is 2.90 bits per heavy atom. The maximum atomic E-state index is 11.0. The highest BCUT2D eigenvalue weighted by Gasteiger charge is 2.35. The second kappa shape index (κ2) is 5.25. The Hall–Kier alpha value is -1.28. The molecule has 20 heavy (non-hydrogen) atoms. The van der Waals surface area contributed by atoms with Crippen molar-refractivity contribution in [1.82, 2.24) is 0 Å². The predicted octanol–water partition coefficient (Wildman–Crippen LogP) is 4.92. The third-order valence-corrected chi connectivity index (χ3v) is 4.88. The summed E-state index contributed by atoms with van der Waals surface area (Å²) in [5.74, 6) is 1.52. The van der Waals surface area contributed by atoms with Crippen molar-refractivity contribution in [2.45, 2.75) is 58.0 Å². The van der Waals surface area contributed by atoms with Gasteiger partial charge in [0.15, 0.2) is 0 Å². The van der Waals surface area contributed by atoms with Crippen molar-refractivity contribution in [1.29, 1.82) is 0 Å². The van der Waals surface area contributed by atoms with Crippen LogP contribution >= 0.6 is 0 Å². The lowest BCUT2D eigenvalue weighted by Gasteiger charge is -2.24. The van der Waals surface area contributed by atoms with Crippen LogP contribution in [-0.2, 0) is 5.60 Å². The summed E-state index contributed by atoms with van der Waals surface area (Å²) in [7, 11) is 0. The molecule has 1 fully saturated rings. The molecule has 2 nitrogen and oxygen atoms in total. The topological polar surface area (TPSA) is 33.4 Å². The van der Waals surface area contributed by atoms with Crippen LogP contribution in [0.2, 0.25) is 0 Å². The van der Waals surface area contributed by atoms with Gasteiger partial charge in [-0.2, -0.15) is 0 Å². The molecular formula is C18H24O2. The molecular weight excluding hydrogens is 248 g/mol. The zero-order valence-corrected chi connectivity index (χ0v) is 12.5. The summed E-state index contributed by atoms with van der Waals surface area (Å²) in [6.07, 6.45) is 6.29. The van der Waals surface area contributed by atoms with E-state index in [0.29, 0.717) is 0 Å². The lowest BCUT2D eigenvalue weighted by Crippen LogP contribution is -2.24. The highest BCUT2D eigenvalue weighted by Crippen LogP contribution is 2.40. The van der Waals surface area contributed by atoms with Crippen molar-refractivity contribution < 1.29 is 9.52 Å². The largest absolute Gasteiger partial charge is 0.458 e. The monoisotopic (exact) mass is 272 g/mol. The summed E-state index contributed by atoms with van der Waals surface area (Å²) in [6, 6.07) is 8.22. The van der Waals surface area contributed by atoms with Crippen LogP contribution in [0, 0.1) is 12.8 Å². The predicted molar refractivity (Wildman–Crippen MR) is 81.7 cm³/mol. The van der Waals surface area contributed by atoms with Crippen LogP contribution in [0.15, 0.2) is 28.7 Å². The molecule has 0 radical (unpaired) electrons. The maximum absolute atomic E-state index is 11.0. The molecule has 108 valence electrons. The Labute approximate surface area is 120 Å². The highest BCUT2D eigenvalue weighted by atomic mass is 16.4. The van der Waals surface area contributed by atoms with Gasteiger partial charge in [0.05, 0.1) is 0 Å². The molecule has 1 N–H and O–H groups in total. The molecule has 1 aromatic heterocycles. The molecule has 1 saturated carbocycles. The molecule has 0 bridgehead atoms. The van der Waals surface area contributed by atoms with Gasteiger partial charge in [0.1, 0.15) is 16.9 Å². The molecule has 0 spiro atoms.